The number of halogens is 1. The largest absolute Gasteiger partial charge is 0.478 e. The zero-order chi connectivity index (χ0) is 13.1. The van der Waals surface area contributed by atoms with E-state index in [2.05, 4.69) is 4.84 Å². The molecule has 0 bridgehead atoms. The molecule has 94 valence electrons. The predicted molar refractivity (Wildman–Crippen MR) is 55.3 cm³/mol. The van der Waals surface area contributed by atoms with E-state index in [9.17, 15) is 17.6 Å². The van der Waals surface area contributed by atoms with Crippen LogP contribution in [0.3, 0.4) is 0 Å². The second-order valence-electron chi connectivity index (χ2n) is 2.97. The summed E-state index contributed by atoms with van der Waals surface area (Å²) in [6.45, 7) is 1.67. The zero-order valence-electron chi connectivity index (χ0n) is 8.81. The molecule has 6 nitrogen and oxygen atoms in total. The molecular formula is C9H10FNO5S. The molecule has 2 N–H and O–H groups in total. The maximum Gasteiger partial charge on any atom is 0.338 e. The van der Waals surface area contributed by atoms with Gasteiger partial charge >= 0.3 is 5.97 Å². The number of hydrogen-bond acceptors (Lipinski definition) is 4. The average Bonchev–Trinajstić information content (AvgIpc) is 2.26. The summed E-state index contributed by atoms with van der Waals surface area (Å²) in [5.74, 6) is -2.55. The smallest absolute Gasteiger partial charge is 0.338 e. The topological polar surface area (TPSA) is 92.7 Å². The summed E-state index contributed by atoms with van der Waals surface area (Å²) >= 11 is 0. The normalized spacial score (nSPS) is 11.4. The van der Waals surface area contributed by atoms with E-state index in [-0.39, 0.29) is 11.5 Å². The van der Waals surface area contributed by atoms with E-state index in [1.807, 2.05) is 0 Å². The maximum absolute atomic E-state index is 13.0. The fraction of sp³-hybridized carbons (Fsp3) is 0.222. The summed E-state index contributed by atoms with van der Waals surface area (Å²) in [5.41, 5.74) is -0.718. The molecule has 1 aromatic rings. The highest BCUT2D eigenvalue weighted by molar-refractivity contribution is 7.89. The van der Waals surface area contributed by atoms with Gasteiger partial charge in [-0.1, -0.05) is 4.89 Å². The van der Waals surface area contributed by atoms with Crippen molar-refractivity contribution in [2.75, 3.05) is 6.61 Å². The molecule has 0 aliphatic heterocycles. The monoisotopic (exact) mass is 263 g/mol. The molecule has 0 saturated carbocycles. The van der Waals surface area contributed by atoms with Crippen molar-refractivity contribution in [1.29, 1.82) is 0 Å². The number of aromatic carboxylic acids is 1. The molecule has 0 fully saturated rings. The van der Waals surface area contributed by atoms with Crippen molar-refractivity contribution in [2.45, 2.75) is 11.8 Å². The van der Waals surface area contributed by atoms with Crippen molar-refractivity contribution in [1.82, 2.24) is 4.89 Å². The maximum atomic E-state index is 13.0. The first-order valence-corrected chi connectivity index (χ1v) is 6.03. The number of nitrogens with one attached hydrogen (secondary N) is 1. The van der Waals surface area contributed by atoms with Gasteiger partial charge in [-0.05, 0) is 25.1 Å². The van der Waals surface area contributed by atoms with Gasteiger partial charge in [-0.3, -0.25) is 4.84 Å². The second kappa shape index (κ2) is 5.21. The molecule has 0 saturated heterocycles. The van der Waals surface area contributed by atoms with E-state index in [0.29, 0.717) is 0 Å². The third-order valence-electron chi connectivity index (χ3n) is 1.79. The van der Waals surface area contributed by atoms with Crippen molar-refractivity contribution in [3.05, 3.63) is 29.6 Å². The summed E-state index contributed by atoms with van der Waals surface area (Å²) in [5, 5.41) is 8.65. The lowest BCUT2D eigenvalue weighted by atomic mass is 10.2. The van der Waals surface area contributed by atoms with Gasteiger partial charge in [-0.2, -0.15) is 0 Å². The Bertz CT molecular complexity index is 528. The Balaban J connectivity index is 3.16. The molecule has 1 aromatic carbocycles. The summed E-state index contributed by atoms with van der Waals surface area (Å²) in [7, 11) is -4.00. The van der Waals surface area contributed by atoms with E-state index in [0.717, 1.165) is 18.2 Å². The molecular weight excluding hydrogens is 253 g/mol. The van der Waals surface area contributed by atoms with Gasteiger partial charge in [0.2, 0.25) is 0 Å². The van der Waals surface area contributed by atoms with Gasteiger partial charge in [0, 0.05) is 0 Å². The van der Waals surface area contributed by atoms with Crippen LogP contribution in [-0.4, -0.2) is 26.1 Å². The first kappa shape index (κ1) is 13.6. The van der Waals surface area contributed by atoms with E-state index >= 15 is 0 Å². The van der Waals surface area contributed by atoms with Crippen molar-refractivity contribution >= 4 is 16.0 Å². The highest BCUT2D eigenvalue weighted by Crippen LogP contribution is 2.15. The van der Waals surface area contributed by atoms with E-state index in [4.69, 9.17) is 5.11 Å². The molecule has 0 aromatic heterocycles. The summed E-state index contributed by atoms with van der Waals surface area (Å²) in [6, 6.07) is 2.44. The lowest BCUT2D eigenvalue weighted by Crippen LogP contribution is -2.24. The Labute approximate surface area is 97.0 Å². The van der Waals surface area contributed by atoms with Crippen molar-refractivity contribution in [3.8, 4) is 0 Å². The Morgan fingerprint density at radius 3 is 2.71 bits per heavy atom. The van der Waals surface area contributed by atoms with Crippen molar-refractivity contribution in [2.24, 2.45) is 0 Å². The second-order valence-corrected chi connectivity index (χ2v) is 4.61. The minimum atomic E-state index is -4.00. The van der Waals surface area contributed by atoms with Crippen LogP contribution in [0.2, 0.25) is 0 Å². The molecule has 1 rings (SSSR count). The van der Waals surface area contributed by atoms with Crippen LogP contribution in [0.4, 0.5) is 4.39 Å². The fourth-order valence-electron chi connectivity index (χ4n) is 1.02. The molecule has 0 heterocycles. The number of carboxylic acids is 1. The van der Waals surface area contributed by atoms with Crippen molar-refractivity contribution < 1.29 is 27.5 Å². The van der Waals surface area contributed by atoms with Gasteiger partial charge < -0.3 is 5.11 Å². The third kappa shape index (κ3) is 3.22. The van der Waals surface area contributed by atoms with Gasteiger partial charge in [0.05, 0.1) is 17.1 Å². The van der Waals surface area contributed by atoms with Gasteiger partial charge in [0.25, 0.3) is 10.0 Å². The Hall–Kier alpha value is -1.51. The van der Waals surface area contributed by atoms with Gasteiger partial charge in [0.1, 0.15) is 5.82 Å². The first-order chi connectivity index (χ1) is 7.88. The van der Waals surface area contributed by atoms with Gasteiger partial charge in [-0.15, -0.1) is 0 Å². The number of benzene rings is 1. The van der Waals surface area contributed by atoms with E-state index < -0.39 is 27.4 Å². The fourth-order valence-corrected chi connectivity index (χ4v) is 1.91. The van der Waals surface area contributed by atoms with Crippen LogP contribution >= 0.6 is 0 Å². The molecule has 0 unspecified atom stereocenters. The summed E-state index contributed by atoms with van der Waals surface area (Å²) in [4.78, 5) is 16.5. The molecule has 0 radical (unpaired) electrons. The molecule has 17 heavy (non-hydrogen) atoms. The van der Waals surface area contributed by atoms with Crippen LogP contribution in [-0.2, 0) is 14.9 Å². The predicted octanol–water partition coefficient (Wildman–Crippen LogP) is 0.754. The number of hydrogen-bond donors (Lipinski definition) is 2. The van der Waals surface area contributed by atoms with E-state index in [1.54, 1.807) is 11.8 Å². The molecule has 0 atom stereocenters. The highest BCUT2D eigenvalue weighted by Gasteiger charge is 2.18. The molecule has 0 amide bonds. The molecule has 0 spiro atoms. The molecule has 0 aliphatic rings. The van der Waals surface area contributed by atoms with Crippen molar-refractivity contribution in [3.63, 3.8) is 0 Å². The van der Waals surface area contributed by atoms with Crippen LogP contribution in [0.1, 0.15) is 17.3 Å². The molecule has 8 heteroatoms. The molecule has 0 aliphatic carbocycles. The SMILES string of the molecule is CCONS(=O)(=O)c1ccc(F)c(C(=O)O)c1. The first-order valence-electron chi connectivity index (χ1n) is 4.55. The van der Waals surface area contributed by atoms with Crippen LogP contribution in [0.15, 0.2) is 23.1 Å². The van der Waals surface area contributed by atoms with Crippen LogP contribution in [0.5, 0.6) is 0 Å². The standard InChI is InChI=1S/C9H10FNO5S/c1-2-16-11-17(14,15)6-3-4-8(10)7(5-6)9(12)13/h3-5,11H,2H2,1H3,(H,12,13). The van der Waals surface area contributed by atoms with Crippen LogP contribution < -0.4 is 4.89 Å². The summed E-state index contributed by atoms with van der Waals surface area (Å²) in [6.07, 6.45) is 0. The summed E-state index contributed by atoms with van der Waals surface area (Å²) < 4.78 is 36.1. The van der Waals surface area contributed by atoms with Crippen LogP contribution in [0.25, 0.3) is 0 Å². The lowest BCUT2D eigenvalue weighted by Gasteiger charge is -2.06. The van der Waals surface area contributed by atoms with Gasteiger partial charge in [0.15, 0.2) is 0 Å². The minimum Gasteiger partial charge on any atom is -0.478 e. The quantitative estimate of drug-likeness (QED) is 0.765. The Morgan fingerprint density at radius 2 is 2.18 bits per heavy atom. The number of carbonyl (C=O) groups is 1. The Morgan fingerprint density at radius 1 is 1.53 bits per heavy atom. The minimum absolute atomic E-state index is 0.103. The number of sulfonamides is 1. The number of rotatable bonds is 5. The average molecular weight is 263 g/mol. The number of carboxylic acid groups (broad SMARTS) is 1. The van der Waals surface area contributed by atoms with Crippen LogP contribution in [0, 0.1) is 5.82 Å². The zero-order valence-corrected chi connectivity index (χ0v) is 9.62. The third-order valence-corrected chi connectivity index (χ3v) is 3.00. The highest BCUT2D eigenvalue weighted by atomic mass is 32.2. The van der Waals surface area contributed by atoms with E-state index in [1.165, 1.54) is 0 Å². The Kier molecular flexibility index (Phi) is 4.16. The van der Waals surface area contributed by atoms with Gasteiger partial charge in [-0.25, -0.2) is 17.6 Å². The lowest BCUT2D eigenvalue weighted by molar-refractivity contribution is 0.0691.